The summed E-state index contributed by atoms with van der Waals surface area (Å²) in [6, 6.07) is 3.56. The van der Waals surface area contributed by atoms with Gasteiger partial charge in [0.25, 0.3) is 0 Å². The Kier molecular flexibility index (Phi) is 14.2. The lowest BCUT2D eigenvalue weighted by atomic mass is 10.4. The first kappa shape index (κ1) is 22.6. The molecule has 0 aromatic carbocycles. The SMILES string of the molecule is CCCCOCCCNC(=NC)NCC(=O)Nc1cccnc1.I. The number of rotatable bonds is 10. The highest BCUT2D eigenvalue weighted by molar-refractivity contribution is 14.0. The summed E-state index contributed by atoms with van der Waals surface area (Å²) in [4.78, 5) is 19.8. The highest BCUT2D eigenvalue weighted by atomic mass is 127. The molecule has 0 aliphatic carbocycles. The van der Waals surface area contributed by atoms with Crippen molar-refractivity contribution in [1.29, 1.82) is 0 Å². The molecule has 1 aromatic rings. The minimum atomic E-state index is -0.149. The molecular weight excluding hydrogens is 421 g/mol. The number of aliphatic imine (C=N–C) groups is 1. The Bertz CT molecular complexity index is 471. The van der Waals surface area contributed by atoms with Gasteiger partial charge >= 0.3 is 0 Å². The summed E-state index contributed by atoms with van der Waals surface area (Å²) < 4.78 is 5.48. The summed E-state index contributed by atoms with van der Waals surface area (Å²) in [6.45, 7) is 4.58. The Hall–Kier alpha value is -1.42. The van der Waals surface area contributed by atoms with Crippen molar-refractivity contribution in [1.82, 2.24) is 15.6 Å². The van der Waals surface area contributed by atoms with Crippen molar-refractivity contribution < 1.29 is 9.53 Å². The van der Waals surface area contributed by atoms with E-state index in [1.54, 1.807) is 31.6 Å². The molecular formula is C16H28IN5O2. The van der Waals surface area contributed by atoms with Crippen molar-refractivity contribution in [3.8, 4) is 0 Å². The predicted octanol–water partition coefficient (Wildman–Crippen LogP) is 2.01. The third-order valence-corrected chi connectivity index (χ3v) is 2.99. The fourth-order valence-corrected chi connectivity index (χ4v) is 1.76. The number of halogens is 1. The van der Waals surface area contributed by atoms with Gasteiger partial charge in [-0.1, -0.05) is 13.3 Å². The van der Waals surface area contributed by atoms with E-state index >= 15 is 0 Å². The van der Waals surface area contributed by atoms with E-state index in [2.05, 4.69) is 32.9 Å². The van der Waals surface area contributed by atoms with E-state index in [0.29, 0.717) is 11.6 Å². The average Bonchev–Trinajstić information content (AvgIpc) is 2.57. The van der Waals surface area contributed by atoms with Gasteiger partial charge in [0.2, 0.25) is 5.91 Å². The lowest BCUT2D eigenvalue weighted by Gasteiger charge is -2.12. The van der Waals surface area contributed by atoms with Crippen LogP contribution >= 0.6 is 24.0 Å². The van der Waals surface area contributed by atoms with Crippen LogP contribution in [0.15, 0.2) is 29.5 Å². The Morgan fingerprint density at radius 2 is 2.08 bits per heavy atom. The van der Waals surface area contributed by atoms with Gasteiger partial charge < -0.3 is 20.7 Å². The van der Waals surface area contributed by atoms with Crippen LogP contribution in [0.3, 0.4) is 0 Å². The predicted molar refractivity (Wildman–Crippen MR) is 108 cm³/mol. The van der Waals surface area contributed by atoms with Gasteiger partial charge in [-0.2, -0.15) is 0 Å². The monoisotopic (exact) mass is 449 g/mol. The van der Waals surface area contributed by atoms with Crippen LogP contribution in [0.2, 0.25) is 0 Å². The molecule has 7 nitrogen and oxygen atoms in total. The number of amides is 1. The zero-order valence-corrected chi connectivity index (χ0v) is 16.7. The first-order valence-corrected chi connectivity index (χ1v) is 7.98. The van der Waals surface area contributed by atoms with Gasteiger partial charge in [-0.3, -0.25) is 14.8 Å². The zero-order valence-electron chi connectivity index (χ0n) is 14.4. The van der Waals surface area contributed by atoms with Crippen LogP contribution in [0.5, 0.6) is 0 Å². The number of hydrogen-bond acceptors (Lipinski definition) is 4. The number of anilines is 1. The Balaban J connectivity index is 0.00000529. The molecule has 0 aliphatic heterocycles. The molecule has 136 valence electrons. The number of unbranched alkanes of at least 4 members (excludes halogenated alkanes) is 1. The molecule has 0 fully saturated rings. The number of nitrogens with zero attached hydrogens (tertiary/aromatic N) is 2. The quantitative estimate of drug-likeness (QED) is 0.220. The van der Waals surface area contributed by atoms with Crippen molar-refractivity contribution in [3.63, 3.8) is 0 Å². The summed E-state index contributed by atoms with van der Waals surface area (Å²) in [5.74, 6) is 0.448. The highest BCUT2D eigenvalue weighted by Crippen LogP contribution is 2.01. The van der Waals surface area contributed by atoms with Crippen LogP contribution in [-0.2, 0) is 9.53 Å². The molecule has 0 radical (unpaired) electrons. The molecule has 0 aliphatic rings. The van der Waals surface area contributed by atoms with Gasteiger partial charge in [-0.15, -0.1) is 24.0 Å². The smallest absolute Gasteiger partial charge is 0.243 e. The summed E-state index contributed by atoms with van der Waals surface area (Å²) in [5, 5.41) is 8.86. The Morgan fingerprint density at radius 3 is 2.75 bits per heavy atom. The summed E-state index contributed by atoms with van der Waals surface area (Å²) in [6.07, 6.45) is 6.40. The summed E-state index contributed by atoms with van der Waals surface area (Å²) in [5.41, 5.74) is 0.673. The molecule has 0 atom stereocenters. The number of carbonyl (C=O) groups excluding carboxylic acids is 1. The largest absolute Gasteiger partial charge is 0.381 e. The lowest BCUT2D eigenvalue weighted by molar-refractivity contribution is -0.115. The Morgan fingerprint density at radius 1 is 1.29 bits per heavy atom. The van der Waals surface area contributed by atoms with E-state index in [9.17, 15) is 4.79 Å². The molecule has 1 heterocycles. The normalized spacial score (nSPS) is 10.7. The van der Waals surface area contributed by atoms with Gasteiger partial charge in [0.05, 0.1) is 18.4 Å². The van der Waals surface area contributed by atoms with Gasteiger partial charge in [-0.05, 0) is 25.0 Å². The van der Waals surface area contributed by atoms with Crippen LogP contribution in [0, 0.1) is 0 Å². The van der Waals surface area contributed by atoms with Gasteiger partial charge in [0.15, 0.2) is 5.96 Å². The maximum atomic E-state index is 11.8. The van der Waals surface area contributed by atoms with Crippen LogP contribution < -0.4 is 16.0 Å². The van der Waals surface area contributed by atoms with Gasteiger partial charge in [0.1, 0.15) is 0 Å². The van der Waals surface area contributed by atoms with E-state index in [4.69, 9.17) is 4.74 Å². The van der Waals surface area contributed by atoms with E-state index in [-0.39, 0.29) is 36.4 Å². The number of carbonyl (C=O) groups is 1. The topological polar surface area (TPSA) is 87.6 Å². The number of ether oxygens (including phenoxy) is 1. The molecule has 8 heteroatoms. The lowest BCUT2D eigenvalue weighted by Crippen LogP contribution is -2.41. The van der Waals surface area contributed by atoms with Crippen molar-refractivity contribution in [3.05, 3.63) is 24.5 Å². The van der Waals surface area contributed by atoms with Crippen LogP contribution in [0.4, 0.5) is 5.69 Å². The maximum absolute atomic E-state index is 11.8. The van der Waals surface area contributed by atoms with Gasteiger partial charge in [-0.25, -0.2) is 0 Å². The molecule has 0 saturated heterocycles. The summed E-state index contributed by atoms with van der Waals surface area (Å²) in [7, 11) is 1.67. The van der Waals surface area contributed by atoms with Crippen LogP contribution in [-0.4, -0.2) is 50.2 Å². The van der Waals surface area contributed by atoms with E-state index in [1.165, 1.54) is 0 Å². The molecule has 1 amide bonds. The highest BCUT2D eigenvalue weighted by Gasteiger charge is 2.04. The molecule has 0 bridgehead atoms. The average molecular weight is 449 g/mol. The second-order valence-electron chi connectivity index (χ2n) is 4.96. The third-order valence-electron chi connectivity index (χ3n) is 2.99. The number of nitrogens with one attached hydrogen (secondary N) is 3. The van der Waals surface area contributed by atoms with Gasteiger partial charge in [0, 0.05) is 33.0 Å². The fourth-order valence-electron chi connectivity index (χ4n) is 1.76. The van der Waals surface area contributed by atoms with Crippen molar-refractivity contribution in [2.75, 3.05) is 38.7 Å². The van der Waals surface area contributed by atoms with Crippen LogP contribution in [0.1, 0.15) is 26.2 Å². The first-order valence-electron chi connectivity index (χ1n) is 7.98. The molecule has 1 aromatic heterocycles. The molecule has 0 unspecified atom stereocenters. The molecule has 0 spiro atoms. The molecule has 1 rings (SSSR count). The third kappa shape index (κ3) is 11.2. The fraction of sp³-hybridized carbons (Fsp3) is 0.562. The number of pyridine rings is 1. The Labute approximate surface area is 161 Å². The molecule has 24 heavy (non-hydrogen) atoms. The second-order valence-corrected chi connectivity index (χ2v) is 4.96. The number of aromatic nitrogens is 1. The zero-order chi connectivity index (χ0) is 16.8. The van der Waals surface area contributed by atoms with E-state index in [0.717, 1.165) is 39.0 Å². The van der Waals surface area contributed by atoms with E-state index in [1.807, 2.05) is 0 Å². The van der Waals surface area contributed by atoms with E-state index < -0.39 is 0 Å². The minimum absolute atomic E-state index is 0. The molecule has 0 saturated carbocycles. The first-order chi connectivity index (χ1) is 11.3. The molecule has 3 N–H and O–H groups in total. The maximum Gasteiger partial charge on any atom is 0.243 e. The van der Waals surface area contributed by atoms with Crippen LogP contribution in [0.25, 0.3) is 0 Å². The summed E-state index contributed by atoms with van der Waals surface area (Å²) >= 11 is 0. The van der Waals surface area contributed by atoms with Crippen molar-refractivity contribution in [2.24, 2.45) is 4.99 Å². The minimum Gasteiger partial charge on any atom is -0.381 e. The van der Waals surface area contributed by atoms with Crippen molar-refractivity contribution >= 4 is 41.5 Å². The number of guanidine groups is 1. The second kappa shape index (κ2) is 15.1. The standard InChI is InChI=1S/C16H27N5O2.HI/c1-3-4-10-23-11-6-9-19-16(17-2)20-13-15(22)21-14-7-5-8-18-12-14;/h5,7-8,12H,3-4,6,9-11,13H2,1-2H3,(H,21,22)(H2,17,19,20);1H. The van der Waals surface area contributed by atoms with Crippen molar-refractivity contribution in [2.45, 2.75) is 26.2 Å². The number of hydrogen-bond donors (Lipinski definition) is 3.